The van der Waals surface area contributed by atoms with Crippen LogP contribution in [0.2, 0.25) is 0 Å². The van der Waals surface area contributed by atoms with Crippen LogP contribution in [-0.2, 0) is 11.3 Å². The summed E-state index contributed by atoms with van der Waals surface area (Å²) in [4.78, 5) is 17.8. The first-order valence-corrected chi connectivity index (χ1v) is 10.1. The molecule has 4 rings (SSSR count). The highest BCUT2D eigenvalue weighted by atomic mass is 16.2. The van der Waals surface area contributed by atoms with E-state index in [1.165, 1.54) is 37.9 Å². The normalized spacial score (nSPS) is 28.6. The van der Waals surface area contributed by atoms with Crippen molar-refractivity contribution in [1.82, 2.24) is 15.1 Å². The van der Waals surface area contributed by atoms with E-state index in [-0.39, 0.29) is 5.92 Å². The van der Waals surface area contributed by atoms with Crippen LogP contribution in [0.25, 0.3) is 0 Å². The fraction of sp³-hybridized carbons (Fsp3) is 0.667. The fourth-order valence-corrected chi connectivity index (χ4v) is 4.91. The highest BCUT2D eigenvalue weighted by Crippen LogP contribution is 2.28. The predicted octanol–water partition coefficient (Wildman–Crippen LogP) is 2.64. The molecule has 1 amide bonds. The van der Waals surface area contributed by atoms with Crippen molar-refractivity contribution in [2.75, 3.05) is 26.2 Å². The lowest BCUT2D eigenvalue weighted by atomic mass is 9.93. The average molecular weight is 341 g/mol. The van der Waals surface area contributed by atoms with Crippen molar-refractivity contribution in [2.24, 2.45) is 5.92 Å². The van der Waals surface area contributed by atoms with Gasteiger partial charge in [0.05, 0.1) is 0 Å². The summed E-state index contributed by atoms with van der Waals surface area (Å²) in [5.41, 5.74) is 1.37. The Labute approximate surface area is 151 Å². The van der Waals surface area contributed by atoms with Crippen LogP contribution in [0.1, 0.15) is 44.1 Å². The number of likely N-dealkylation sites (tertiary alicyclic amines) is 1. The minimum Gasteiger partial charge on any atom is -0.352 e. The zero-order valence-corrected chi connectivity index (χ0v) is 15.2. The van der Waals surface area contributed by atoms with Crippen LogP contribution in [0.3, 0.4) is 0 Å². The largest absolute Gasteiger partial charge is 0.352 e. The quantitative estimate of drug-likeness (QED) is 0.914. The van der Waals surface area contributed by atoms with Gasteiger partial charge in [-0.25, -0.2) is 0 Å². The highest BCUT2D eigenvalue weighted by Gasteiger charge is 2.37. The molecule has 136 valence electrons. The SMILES string of the molecule is O=C(N[C@@H]1CCN2CCCC[C@H]12)C1CCN(Cc2ccccc2)CC1. The van der Waals surface area contributed by atoms with E-state index in [4.69, 9.17) is 0 Å². The topological polar surface area (TPSA) is 35.6 Å². The summed E-state index contributed by atoms with van der Waals surface area (Å²) < 4.78 is 0. The summed E-state index contributed by atoms with van der Waals surface area (Å²) in [6.07, 6.45) is 7.06. The maximum atomic E-state index is 12.7. The molecule has 1 aromatic rings. The Morgan fingerprint density at radius 1 is 0.960 bits per heavy atom. The van der Waals surface area contributed by atoms with E-state index in [0.717, 1.165) is 38.9 Å². The molecule has 0 bridgehead atoms. The Morgan fingerprint density at radius 2 is 1.76 bits per heavy atom. The molecule has 3 saturated heterocycles. The number of benzene rings is 1. The second kappa shape index (κ2) is 7.88. The van der Waals surface area contributed by atoms with E-state index in [0.29, 0.717) is 18.0 Å². The number of piperidine rings is 2. The summed E-state index contributed by atoms with van der Waals surface area (Å²) in [7, 11) is 0. The van der Waals surface area contributed by atoms with Gasteiger partial charge in [-0.15, -0.1) is 0 Å². The molecule has 4 heteroatoms. The number of nitrogens with zero attached hydrogens (tertiary/aromatic N) is 2. The van der Waals surface area contributed by atoms with Crippen molar-refractivity contribution in [3.05, 3.63) is 35.9 Å². The van der Waals surface area contributed by atoms with Crippen molar-refractivity contribution in [3.8, 4) is 0 Å². The predicted molar refractivity (Wildman–Crippen MR) is 100 cm³/mol. The molecule has 3 heterocycles. The molecule has 0 aromatic heterocycles. The summed E-state index contributed by atoms with van der Waals surface area (Å²) in [6.45, 7) is 5.48. The molecule has 2 atom stereocenters. The maximum absolute atomic E-state index is 12.7. The third kappa shape index (κ3) is 4.06. The summed E-state index contributed by atoms with van der Waals surface area (Å²) in [6, 6.07) is 11.7. The molecule has 1 aromatic carbocycles. The number of nitrogens with one attached hydrogen (secondary N) is 1. The lowest BCUT2D eigenvalue weighted by Crippen LogP contribution is -2.49. The minimum atomic E-state index is 0.213. The van der Waals surface area contributed by atoms with Crippen molar-refractivity contribution >= 4 is 5.91 Å². The van der Waals surface area contributed by atoms with Gasteiger partial charge in [-0.05, 0) is 57.3 Å². The van der Waals surface area contributed by atoms with Gasteiger partial charge in [0.1, 0.15) is 0 Å². The van der Waals surface area contributed by atoms with Crippen LogP contribution in [-0.4, -0.2) is 54.0 Å². The summed E-state index contributed by atoms with van der Waals surface area (Å²) in [5.74, 6) is 0.529. The molecule has 4 nitrogen and oxygen atoms in total. The zero-order chi connectivity index (χ0) is 17.1. The Balaban J connectivity index is 1.24. The molecule has 3 fully saturated rings. The van der Waals surface area contributed by atoms with Crippen LogP contribution in [0.4, 0.5) is 0 Å². The van der Waals surface area contributed by atoms with Gasteiger partial charge in [0, 0.05) is 31.1 Å². The van der Waals surface area contributed by atoms with Crippen LogP contribution in [0, 0.1) is 5.92 Å². The van der Waals surface area contributed by atoms with Gasteiger partial charge in [-0.3, -0.25) is 14.6 Å². The molecule has 0 radical (unpaired) electrons. The Kier molecular flexibility index (Phi) is 5.37. The molecular weight excluding hydrogens is 310 g/mol. The van der Waals surface area contributed by atoms with Crippen molar-refractivity contribution in [3.63, 3.8) is 0 Å². The second-order valence-corrected chi connectivity index (χ2v) is 8.04. The smallest absolute Gasteiger partial charge is 0.223 e. The van der Waals surface area contributed by atoms with Crippen molar-refractivity contribution < 1.29 is 4.79 Å². The van der Waals surface area contributed by atoms with Gasteiger partial charge >= 0.3 is 0 Å². The van der Waals surface area contributed by atoms with Gasteiger partial charge in [0.2, 0.25) is 5.91 Å². The van der Waals surface area contributed by atoms with E-state index in [1.807, 2.05) is 0 Å². The van der Waals surface area contributed by atoms with Crippen LogP contribution in [0.5, 0.6) is 0 Å². The van der Waals surface area contributed by atoms with Crippen molar-refractivity contribution in [1.29, 1.82) is 0 Å². The zero-order valence-electron chi connectivity index (χ0n) is 15.2. The number of rotatable bonds is 4. The van der Waals surface area contributed by atoms with Gasteiger partial charge in [0.15, 0.2) is 0 Å². The van der Waals surface area contributed by atoms with Gasteiger partial charge in [0.25, 0.3) is 0 Å². The van der Waals surface area contributed by atoms with Crippen molar-refractivity contribution in [2.45, 2.75) is 57.2 Å². The first kappa shape index (κ1) is 17.0. The fourth-order valence-electron chi connectivity index (χ4n) is 4.91. The Hall–Kier alpha value is -1.39. The molecule has 0 unspecified atom stereocenters. The third-order valence-corrected chi connectivity index (χ3v) is 6.39. The lowest BCUT2D eigenvalue weighted by Gasteiger charge is -2.34. The molecule has 3 aliphatic rings. The molecule has 0 spiro atoms. The first-order valence-electron chi connectivity index (χ1n) is 10.1. The Morgan fingerprint density at radius 3 is 2.56 bits per heavy atom. The number of carbonyl (C=O) groups is 1. The number of hydrogen-bond donors (Lipinski definition) is 1. The summed E-state index contributed by atoms with van der Waals surface area (Å²) >= 11 is 0. The van der Waals surface area contributed by atoms with E-state index >= 15 is 0 Å². The second-order valence-electron chi connectivity index (χ2n) is 8.04. The number of amides is 1. The minimum absolute atomic E-state index is 0.213. The van der Waals surface area contributed by atoms with E-state index in [1.54, 1.807) is 0 Å². The maximum Gasteiger partial charge on any atom is 0.223 e. The molecule has 0 aliphatic carbocycles. The van der Waals surface area contributed by atoms with Crippen LogP contribution >= 0.6 is 0 Å². The van der Waals surface area contributed by atoms with Gasteiger partial charge in [-0.1, -0.05) is 36.8 Å². The molecule has 3 aliphatic heterocycles. The van der Waals surface area contributed by atoms with Crippen LogP contribution < -0.4 is 5.32 Å². The lowest BCUT2D eigenvalue weighted by molar-refractivity contribution is -0.127. The van der Waals surface area contributed by atoms with E-state index in [2.05, 4.69) is 45.4 Å². The monoisotopic (exact) mass is 341 g/mol. The Bertz CT molecular complexity index is 568. The van der Waals surface area contributed by atoms with E-state index < -0.39 is 0 Å². The van der Waals surface area contributed by atoms with Gasteiger partial charge < -0.3 is 5.32 Å². The van der Waals surface area contributed by atoms with Crippen LogP contribution in [0.15, 0.2) is 30.3 Å². The number of carbonyl (C=O) groups excluding carboxylic acids is 1. The molecule has 25 heavy (non-hydrogen) atoms. The molecular formula is C21H31N3O. The molecule has 0 saturated carbocycles. The number of fused-ring (bicyclic) bond motifs is 1. The third-order valence-electron chi connectivity index (χ3n) is 6.39. The standard InChI is InChI=1S/C21H31N3O/c25-21(22-19-11-15-24-12-5-4-8-20(19)24)18-9-13-23(14-10-18)16-17-6-2-1-3-7-17/h1-3,6-7,18-20H,4-5,8-16H2,(H,22,25)/t19-,20-/m1/s1. The average Bonchev–Trinajstić information content (AvgIpc) is 3.06. The first-order chi connectivity index (χ1) is 12.3. The molecule has 1 N–H and O–H groups in total. The van der Waals surface area contributed by atoms with E-state index in [9.17, 15) is 4.79 Å². The summed E-state index contributed by atoms with van der Waals surface area (Å²) in [5, 5.41) is 3.41. The highest BCUT2D eigenvalue weighted by molar-refractivity contribution is 5.79. The van der Waals surface area contributed by atoms with Gasteiger partial charge in [-0.2, -0.15) is 0 Å². The number of hydrogen-bond acceptors (Lipinski definition) is 3.